The van der Waals surface area contributed by atoms with Gasteiger partial charge in [-0.25, -0.2) is 14.4 Å². The lowest BCUT2D eigenvalue weighted by Gasteiger charge is -2.11. The quantitative estimate of drug-likeness (QED) is 0.560. The minimum Gasteiger partial charge on any atom is -0.481 e. The Morgan fingerprint density at radius 2 is 1.86 bits per heavy atom. The highest BCUT2D eigenvalue weighted by molar-refractivity contribution is 5.61. The largest absolute Gasteiger partial charge is 0.481 e. The first kappa shape index (κ1) is 19.6. The second-order valence-corrected chi connectivity index (χ2v) is 6.02. The number of ether oxygens (including phenoxy) is 2. The lowest BCUT2D eigenvalue weighted by molar-refractivity contribution is -0.137. The minimum atomic E-state index is -4.43. The van der Waals surface area contributed by atoms with E-state index in [-0.39, 0.29) is 18.2 Å². The summed E-state index contributed by atoms with van der Waals surface area (Å²) in [5, 5.41) is 0. The third-order valence-corrected chi connectivity index (χ3v) is 3.96. The Morgan fingerprint density at radius 3 is 2.54 bits per heavy atom. The summed E-state index contributed by atoms with van der Waals surface area (Å²) in [6.45, 7) is 1.63. The van der Waals surface area contributed by atoms with E-state index in [4.69, 9.17) is 9.47 Å². The molecule has 3 rings (SSSR count). The summed E-state index contributed by atoms with van der Waals surface area (Å²) in [5.41, 5.74) is 0.724. The van der Waals surface area contributed by atoms with E-state index in [0.717, 1.165) is 12.1 Å². The molecule has 0 aliphatic heterocycles. The van der Waals surface area contributed by atoms with E-state index in [9.17, 15) is 17.6 Å². The standard InChI is InChI=1S/C20H16F4N2O2/c1-12-8-14(10-25-19(12)27-2)18-16(21)6-7-17(26-18)28-11-13-4-3-5-15(9-13)20(22,23)24/h3-10H,11H2,1-2H3. The Labute approximate surface area is 158 Å². The number of halogens is 4. The first-order valence-electron chi connectivity index (χ1n) is 8.24. The molecule has 0 unspecified atom stereocenters. The van der Waals surface area contributed by atoms with Crippen molar-refractivity contribution in [1.29, 1.82) is 0 Å². The number of nitrogens with zero attached hydrogens (tertiary/aromatic N) is 2. The molecule has 2 heterocycles. The average Bonchev–Trinajstić information content (AvgIpc) is 2.67. The van der Waals surface area contributed by atoms with Gasteiger partial charge in [-0.05, 0) is 36.8 Å². The van der Waals surface area contributed by atoms with Gasteiger partial charge in [-0.15, -0.1) is 0 Å². The normalized spacial score (nSPS) is 11.4. The maximum atomic E-state index is 14.2. The number of benzene rings is 1. The lowest BCUT2D eigenvalue weighted by Crippen LogP contribution is -2.06. The monoisotopic (exact) mass is 392 g/mol. The van der Waals surface area contributed by atoms with Crippen molar-refractivity contribution in [2.45, 2.75) is 19.7 Å². The molecule has 0 spiro atoms. The van der Waals surface area contributed by atoms with E-state index in [1.165, 1.54) is 37.6 Å². The summed E-state index contributed by atoms with van der Waals surface area (Å²) < 4.78 is 63.1. The predicted molar refractivity (Wildman–Crippen MR) is 94.5 cm³/mol. The third-order valence-electron chi connectivity index (χ3n) is 3.96. The highest BCUT2D eigenvalue weighted by Gasteiger charge is 2.30. The lowest BCUT2D eigenvalue weighted by atomic mass is 10.1. The van der Waals surface area contributed by atoms with Gasteiger partial charge in [-0.3, -0.25) is 0 Å². The van der Waals surface area contributed by atoms with Crippen LogP contribution >= 0.6 is 0 Å². The van der Waals surface area contributed by atoms with Crippen LogP contribution < -0.4 is 9.47 Å². The van der Waals surface area contributed by atoms with Gasteiger partial charge in [0.05, 0.1) is 12.7 Å². The van der Waals surface area contributed by atoms with E-state index in [2.05, 4.69) is 9.97 Å². The number of aromatic nitrogens is 2. The van der Waals surface area contributed by atoms with Gasteiger partial charge in [0.25, 0.3) is 0 Å². The number of aryl methyl sites for hydroxylation is 1. The Bertz CT molecular complexity index is 990. The summed E-state index contributed by atoms with van der Waals surface area (Å²) in [6, 6.07) is 8.97. The second kappa shape index (κ2) is 7.84. The van der Waals surface area contributed by atoms with Crippen LogP contribution in [0.25, 0.3) is 11.3 Å². The van der Waals surface area contributed by atoms with Crippen LogP contribution in [0, 0.1) is 12.7 Å². The molecule has 0 aliphatic carbocycles. The number of hydrogen-bond donors (Lipinski definition) is 0. The molecule has 0 aliphatic rings. The van der Waals surface area contributed by atoms with Crippen LogP contribution in [0.3, 0.4) is 0 Å². The van der Waals surface area contributed by atoms with Crippen molar-refractivity contribution in [1.82, 2.24) is 9.97 Å². The van der Waals surface area contributed by atoms with E-state index in [1.807, 2.05) is 0 Å². The van der Waals surface area contributed by atoms with E-state index in [1.54, 1.807) is 13.0 Å². The highest BCUT2D eigenvalue weighted by atomic mass is 19.4. The zero-order valence-corrected chi connectivity index (χ0v) is 15.0. The molecule has 28 heavy (non-hydrogen) atoms. The Balaban J connectivity index is 1.81. The predicted octanol–water partition coefficient (Wildman–Crippen LogP) is 5.20. The van der Waals surface area contributed by atoms with Gasteiger partial charge < -0.3 is 9.47 Å². The first-order valence-corrected chi connectivity index (χ1v) is 8.24. The fraction of sp³-hybridized carbons (Fsp3) is 0.200. The van der Waals surface area contributed by atoms with Crippen LogP contribution in [0.4, 0.5) is 17.6 Å². The minimum absolute atomic E-state index is 0.0276. The van der Waals surface area contributed by atoms with Crippen LogP contribution in [0.15, 0.2) is 48.7 Å². The fourth-order valence-electron chi connectivity index (χ4n) is 2.61. The van der Waals surface area contributed by atoms with E-state index in [0.29, 0.717) is 22.6 Å². The van der Waals surface area contributed by atoms with Crippen molar-refractivity contribution in [3.05, 3.63) is 71.2 Å². The fourth-order valence-corrected chi connectivity index (χ4v) is 2.61. The average molecular weight is 392 g/mol. The topological polar surface area (TPSA) is 44.2 Å². The van der Waals surface area contributed by atoms with Crippen LogP contribution in [0.5, 0.6) is 11.8 Å². The zero-order chi connectivity index (χ0) is 20.3. The number of methoxy groups -OCH3 is 1. The maximum absolute atomic E-state index is 14.2. The molecular weight excluding hydrogens is 376 g/mol. The van der Waals surface area contributed by atoms with Gasteiger partial charge in [-0.1, -0.05) is 12.1 Å². The number of rotatable bonds is 5. The van der Waals surface area contributed by atoms with Gasteiger partial charge in [0, 0.05) is 23.4 Å². The summed E-state index contributed by atoms with van der Waals surface area (Å²) in [4.78, 5) is 8.22. The van der Waals surface area contributed by atoms with E-state index >= 15 is 0 Å². The van der Waals surface area contributed by atoms with Gasteiger partial charge in [-0.2, -0.15) is 13.2 Å². The number of alkyl halides is 3. The molecule has 0 N–H and O–H groups in total. The van der Waals surface area contributed by atoms with Crippen LogP contribution in [0.1, 0.15) is 16.7 Å². The molecule has 0 saturated carbocycles. The zero-order valence-electron chi connectivity index (χ0n) is 15.0. The van der Waals surface area contributed by atoms with Crippen molar-refractivity contribution in [3.63, 3.8) is 0 Å². The highest BCUT2D eigenvalue weighted by Crippen LogP contribution is 2.30. The molecule has 0 saturated heterocycles. The molecule has 8 heteroatoms. The van der Waals surface area contributed by atoms with E-state index < -0.39 is 17.6 Å². The molecule has 3 aromatic rings. The number of pyridine rings is 2. The maximum Gasteiger partial charge on any atom is 0.416 e. The molecule has 2 aromatic heterocycles. The van der Waals surface area contributed by atoms with Crippen molar-refractivity contribution in [2.24, 2.45) is 0 Å². The Morgan fingerprint density at radius 1 is 1.07 bits per heavy atom. The Kier molecular flexibility index (Phi) is 5.48. The van der Waals surface area contributed by atoms with Crippen LogP contribution in [-0.2, 0) is 12.8 Å². The van der Waals surface area contributed by atoms with Crippen molar-refractivity contribution < 1.29 is 27.0 Å². The summed E-state index contributed by atoms with van der Waals surface area (Å²) in [7, 11) is 1.48. The summed E-state index contributed by atoms with van der Waals surface area (Å²) >= 11 is 0. The van der Waals surface area contributed by atoms with Gasteiger partial charge in [0.15, 0.2) is 0 Å². The third kappa shape index (κ3) is 4.39. The Hall–Kier alpha value is -3.16. The molecule has 1 aromatic carbocycles. The van der Waals surface area contributed by atoms with Gasteiger partial charge in [0.1, 0.15) is 18.1 Å². The van der Waals surface area contributed by atoms with Crippen molar-refractivity contribution in [3.8, 4) is 23.0 Å². The molecule has 0 radical (unpaired) electrons. The number of hydrogen-bond acceptors (Lipinski definition) is 4. The van der Waals surface area contributed by atoms with Crippen molar-refractivity contribution in [2.75, 3.05) is 7.11 Å². The summed E-state index contributed by atoms with van der Waals surface area (Å²) in [6.07, 6.45) is -3.01. The smallest absolute Gasteiger partial charge is 0.416 e. The molecule has 0 fully saturated rings. The van der Waals surface area contributed by atoms with Gasteiger partial charge in [0.2, 0.25) is 11.8 Å². The molecular formula is C20H16F4N2O2. The van der Waals surface area contributed by atoms with Crippen LogP contribution in [-0.4, -0.2) is 17.1 Å². The second-order valence-electron chi connectivity index (χ2n) is 6.02. The molecule has 146 valence electrons. The molecule has 0 atom stereocenters. The molecule has 0 bridgehead atoms. The summed E-state index contributed by atoms with van der Waals surface area (Å²) in [5.74, 6) is -0.0684. The van der Waals surface area contributed by atoms with Crippen molar-refractivity contribution >= 4 is 0 Å². The van der Waals surface area contributed by atoms with Gasteiger partial charge >= 0.3 is 6.18 Å². The van der Waals surface area contributed by atoms with Crippen LogP contribution in [0.2, 0.25) is 0 Å². The molecule has 0 amide bonds. The molecule has 4 nitrogen and oxygen atoms in total. The SMILES string of the molecule is COc1ncc(-c2nc(OCc3cccc(C(F)(F)F)c3)ccc2F)cc1C. The first-order chi connectivity index (χ1) is 13.3.